The number of nitrogens with one attached hydrogen (secondary N) is 1. The number of hydrogen-bond acceptors (Lipinski definition) is 2. The van der Waals surface area contributed by atoms with Crippen molar-refractivity contribution >= 4 is 0 Å². The lowest BCUT2D eigenvalue weighted by Crippen LogP contribution is -2.44. The van der Waals surface area contributed by atoms with Crippen molar-refractivity contribution in [2.75, 3.05) is 26.2 Å². The Hall–Kier alpha value is -0.0800. The monoisotopic (exact) mass is 266 g/mol. The van der Waals surface area contributed by atoms with Crippen molar-refractivity contribution in [3.63, 3.8) is 0 Å². The molecular formula is C17H34N2. The molecule has 0 aromatic carbocycles. The Morgan fingerprint density at radius 1 is 1.11 bits per heavy atom. The molecule has 1 aliphatic heterocycles. The van der Waals surface area contributed by atoms with Crippen molar-refractivity contribution in [3.8, 4) is 0 Å². The summed E-state index contributed by atoms with van der Waals surface area (Å²) in [4.78, 5) is 2.62. The predicted octanol–water partition coefficient (Wildman–Crippen LogP) is 3.67. The number of hydrogen-bond donors (Lipinski definition) is 1. The van der Waals surface area contributed by atoms with Gasteiger partial charge in [-0.3, -0.25) is 0 Å². The third kappa shape index (κ3) is 5.07. The van der Waals surface area contributed by atoms with E-state index < -0.39 is 0 Å². The van der Waals surface area contributed by atoms with Crippen molar-refractivity contribution in [2.24, 2.45) is 11.8 Å². The first-order chi connectivity index (χ1) is 9.29. The molecule has 2 fully saturated rings. The van der Waals surface area contributed by atoms with Gasteiger partial charge in [-0.25, -0.2) is 0 Å². The highest BCUT2D eigenvalue weighted by Crippen LogP contribution is 2.26. The number of likely N-dealkylation sites (tertiary alicyclic amines) is 1. The molecule has 0 radical (unpaired) electrons. The second-order valence-corrected chi connectivity index (χ2v) is 6.83. The van der Waals surface area contributed by atoms with Gasteiger partial charge in [0.2, 0.25) is 0 Å². The molecule has 2 aliphatic rings. The van der Waals surface area contributed by atoms with Gasteiger partial charge in [0.05, 0.1) is 0 Å². The summed E-state index contributed by atoms with van der Waals surface area (Å²) in [5.41, 5.74) is 0. The first-order valence-corrected chi connectivity index (χ1v) is 8.75. The van der Waals surface area contributed by atoms with Gasteiger partial charge in [0.1, 0.15) is 0 Å². The molecule has 0 spiro atoms. The summed E-state index contributed by atoms with van der Waals surface area (Å²) >= 11 is 0. The first-order valence-electron chi connectivity index (χ1n) is 8.75. The van der Waals surface area contributed by atoms with E-state index in [0.29, 0.717) is 6.04 Å². The molecule has 1 N–H and O–H groups in total. The molecule has 112 valence electrons. The second kappa shape index (κ2) is 8.26. The summed E-state index contributed by atoms with van der Waals surface area (Å²) < 4.78 is 0. The molecular weight excluding hydrogens is 232 g/mol. The Balaban J connectivity index is 1.61. The van der Waals surface area contributed by atoms with E-state index >= 15 is 0 Å². The fourth-order valence-corrected chi connectivity index (χ4v) is 3.94. The Bertz CT molecular complexity index is 235. The zero-order chi connectivity index (χ0) is 13.5. The minimum atomic E-state index is 0.706. The lowest BCUT2D eigenvalue weighted by Gasteiger charge is -2.35. The standard InChI is InChI=1S/C17H34N2/c1-3-19-13-7-10-17(14-19)15(2)18-12-11-16-8-5-4-6-9-16/h15-18H,3-14H2,1-2H3. The number of rotatable bonds is 6. The molecule has 0 aromatic heterocycles. The molecule has 1 saturated heterocycles. The highest BCUT2D eigenvalue weighted by molar-refractivity contribution is 4.80. The van der Waals surface area contributed by atoms with Gasteiger partial charge >= 0.3 is 0 Å². The van der Waals surface area contributed by atoms with Crippen LogP contribution in [0.5, 0.6) is 0 Å². The van der Waals surface area contributed by atoms with Gasteiger partial charge < -0.3 is 10.2 Å². The zero-order valence-electron chi connectivity index (χ0n) is 13.2. The number of nitrogens with zero attached hydrogens (tertiary/aromatic N) is 1. The van der Waals surface area contributed by atoms with E-state index in [2.05, 4.69) is 24.1 Å². The molecule has 2 heteroatoms. The van der Waals surface area contributed by atoms with Crippen molar-refractivity contribution in [3.05, 3.63) is 0 Å². The summed E-state index contributed by atoms with van der Waals surface area (Å²) in [5, 5.41) is 3.82. The highest BCUT2D eigenvalue weighted by Gasteiger charge is 2.23. The molecule has 2 rings (SSSR count). The average molecular weight is 266 g/mol. The van der Waals surface area contributed by atoms with Crippen LogP contribution in [0.15, 0.2) is 0 Å². The van der Waals surface area contributed by atoms with Crippen LogP contribution < -0.4 is 5.32 Å². The van der Waals surface area contributed by atoms with Crippen LogP contribution in [0.4, 0.5) is 0 Å². The Kier molecular flexibility index (Phi) is 6.66. The molecule has 19 heavy (non-hydrogen) atoms. The van der Waals surface area contributed by atoms with Gasteiger partial charge in [-0.15, -0.1) is 0 Å². The molecule has 2 nitrogen and oxygen atoms in total. The van der Waals surface area contributed by atoms with Crippen LogP contribution in [0.3, 0.4) is 0 Å². The quantitative estimate of drug-likeness (QED) is 0.789. The molecule has 2 unspecified atom stereocenters. The van der Waals surface area contributed by atoms with Crippen molar-refractivity contribution in [2.45, 2.75) is 71.3 Å². The van der Waals surface area contributed by atoms with E-state index in [4.69, 9.17) is 0 Å². The van der Waals surface area contributed by atoms with Crippen LogP contribution in [0, 0.1) is 11.8 Å². The van der Waals surface area contributed by atoms with Crippen molar-refractivity contribution < 1.29 is 0 Å². The van der Waals surface area contributed by atoms with Gasteiger partial charge in [0, 0.05) is 12.6 Å². The SMILES string of the molecule is CCN1CCCC(C(C)NCCC2CCCCC2)C1. The molecule has 1 heterocycles. The first kappa shape index (κ1) is 15.3. The fourth-order valence-electron chi connectivity index (χ4n) is 3.94. The molecule has 2 atom stereocenters. The largest absolute Gasteiger partial charge is 0.314 e. The van der Waals surface area contributed by atoms with Crippen molar-refractivity contribution in [1.82, 2.24) is 10.2 Å². The van der Waals surface area contributed by atoms with Crippen LogP contribution in [0.2, 0.25) is 0 Å². The van der Waals surface area contributed by atoms with Gasteiger partial charge in [-0.1, -0.05) is 39.0 Å². The summed E-state index contributed by atoms with van der Waals surface area (Å²) in [5.74, 6) is 1.90. The van der Waals surface area contributed by atoms with Crippen LogP contribution >= 0.6 is 0 Å². The summed E-state index contributed by atoms with van der Waals surface area (Å²) in [6.45, 7) is 9.81. The predicted molar refractivity (Wildman–Crippen MR) is 83.5 cm³/mol. The van der Waals surface area contributed by atoms with Crippen LogP contribution in [-0.2, 0) is 0 Å². The van der Waals surface area contributed by atoms with E-state index in [-0.39, 0.29) is 0 Å². The van der Waals surface area contributed by atoms with Gasteiger partial charge in [0.25, 0.3) is 0 Å². The maximum atomic E-state index is 3.82. The average Bonchev–Trinajstić information content (AvgIpc) is 2.48. The molecule has 1 saturated carbocycles. The van der Waals surface area contributed by atoms with Gasteiger partial charge in [-0.2, -0.15) is 0 Å². The Labute approximate surface area is 120 Å². The lowest BCUT2D eigenvalue weighted by atomic mass is 9.86. The third-order valence-electron chi connectivity index (χ3n) is 5.44. The van der Waals surface area contributed by atoms with Gasteiger partial charge in [-0.05, 0) is 57.7 Å². The normalized spacial score (nSPS) is 28.4. The summed E-state index contributed by atoms with van der Waals surface area (Å²) in [6, 6.07) is 0.706. The topological polar surface area (TPSA) is 15.3 Å². The van der Waals surface area contributed by atoms with Gasteiger partial charge in [0.15, 0.2) is 0 Å². The minimum absolute atomic E-state index is 0.706. The third-order valence-corrected chi connectivity index (χ3v) is 5.44. The molecule has 1 aliphatic carbocycles. The highest BCUT2D eigenvalue weighted by atomic mass is 15.1. The maximum absolute atomic E-state index is 3.82. The van der Waals surface area contributed by atoms with Crippen LogP contribution in [0.25, 0.3) is 0 Å². The molecule has 0 aromatic rings. The lowest BCUT2D eigenvalue weighted by molar-refractivity contribution is 0.156. The van der Waals surface area contributed by atoms with E-state index in [1.165, 1.54) is 77.5 Å². The minimum Gasteiger partial charge on any atom is -0.314 e. The van der Waals surface area contributed by atoms with E-state index in [9.17, 15) is 0 Å². The second-order valence-electron chi connectivity index (χ2n) is 6.83. The van der Waals surface area contributed by atoms with E-state index in [1.54, 1.807) is 0 Å². The fraction of sp³-hybridized carbons (Fsp3) is 1.00. The smallest absolute Gasteiger partial charge is 0.00792 e. The van der Waals surface area contributed by atoms with Crippen molar-refractivity contribution in [1.29, 1.82) is 0 Å². The Morgan fingerprint density at radius 3 is 2.63 bits per heavy atom. The zero-order valence-corrected chi connectivity index (χ0v) is 13.2. The van der Waals surface area contributed by atoms with Crippen LogP contribution in [-0.4, -0.2) is 37.1 Å². The maximum Gasteiger partial charge on any atom is 0.00792 e. The van der Waals surface area contributed by atoms with E-state index in [0.717, 1.165) is 11.8 Å². The molecule has 0 amide bonds. The van der Waals surface area contributed by atoms with Crippen LogP contribution in [0.1, 0.15) is 65.2 Å². The number of piperidine rings is 1. The summed E-state index contributed by atoms with van der Waals surface area (Å²) in [6.07, 6.45) is 11.7. The van der Waals surface area contributed by atoms with E-state index in [1.807, 2.05) is 0 Å². The Morgan fingerprint density at radius 2 is 1.89 bits per heavy atom. The molecule has 0 bridgehead atoms. The summed E-state index contributed by atoms with van der Waals surface area (Å²) in [7, 11) is 0.